The zero-order valence-corrected chi connectivity index (χ0v) is 12.7. The average Bonchev–Trinajstić information content (AvgIpc) is 2.97. The van der Waals surface area contributed by atoms with Crippen LogP contribution >= 0.6 is 11.8 Å². The number of thioether (sulfide) groups is 1. The number of carboxylic acid groups (broad SMARTS) is 1. The van der Waals surface area contributed by atoms with Gasteiger partial charge in [-0.2, -0.15) is 0 Å². The number of carboxylic acids is 1. The van der Waals surface area contributed by atoms with Crippen molar-refractivity contribution in [3.63, 3.8) is 0 Å². The molecule has 1 aliphatic carbocycles. The molecular formula is C16H19NO3S. The third kappa shape index (κ3) is 3.07. The first-order valence-corrected chi connectivity index (χ1v) is 8.51. The smallest absolute Gasteiger partial charge is 0.327 e. The molecule has 5 heteroatoms. The molecule has 3 rings (SSSR count). The Kier molecular flexibility index (Phi) is 4.19. The van der Waals surface area contributed by atoms with Crippen molar-refractivity contribution >= 4 is 23.6 Å². The van der Waals surface area contributed by atoms with Gasteiger partial charge >= 0.3 is 5.97 Å². The number of fused-ring (bicyclic) bond motifs is 1. The minimum Gasteiger partial charge on any atom is -0.480 e. The van der Waals surface area contributed by atoms with E-state index in [0.717, 1.165) is 18.4 Å². The number of benzene rings is 1. The number of aliphatic carboxylic acids is 1. The summed E-state index contributed by atoms with van der Waals surface area (Å²) < 4.78 is 0. The highest BCUT2D eigenvalue weighted by Crippen LogP contribution is 2.25. The molecule has 0 aromatic heterocycles. The van der Waals surface area contributed by atoms with Crippen molar-refractivity contribution in [1.82, 2.24) is 4.90 Å². The van der Waals surface area contributed by atoms with Crippen LogP contribution in [0, 0.1) is 0 Å². The average molecular weight is 305 g/mol. The standard InChI is InChI=1S/C16H19NO3S/c18-15(17-10-21-9-14(17)16(19)20)8-11-5-6-12-3-1-2-4-13(12)7-11/h5-7,14H,1-4,8-10H2,(H,19,20)/t14-/m0/s1. The van der Waals surface area contributed by atoms with E-state index in [2.05, 4.69) is 12.1 Å². The molecule has 1 aromatic carbocycles. The SMILES string of the molecule is O=C(O)[C@@H]1CSCN1C(=O)Cc1ccc2c(c1)CCCC2. The van der Waals surface area contributed by atoms with E-state index in [1.807, 2.05) is 6.07 Å². The molecule has 0 unspecified atom stereocenters. The van der Waals surface area contributed by atoms with Crippen LogP contribution in [-0.4, -0.2) is 39.6 Å². The second kappa shape index (κ2) is 6.10. The normalized spacial score (nSPS) is 21.1. The molecule has 112 valence electrons. The lowest BCUT2D eigenvalue weighted by Crippen LogP contribution is -2.42. The van der Waals surface area contributed by atoms with Crippen LogP contribution in [0.25, 0.3) is 0 Å². The molecule has 4 nitrogen and oxygen atoms in total. The first-order valence-electron chi connectivity index (χ1n) is 7.36. The minimum atomic E-state index is -0.904. The van der Waals surface area contributed by atoms with E-state index in [-0.39, 0.29) is 5.91 Å². The summed E-state index contributed by atoms with van der Waals surface area (Å²) in [5, 5.41) is 9.15. The first kappa shape index (κ1) is 14.4. The molecule has 1 fully saturated rings. The lowest BCUT2D eigenvalue weighted by atomic mass is 9.90. The fourth-order valence-corrected chi connectivity index (χ4v) is 4.24. The molecule has 1 heterocycles. The molecule has 0 bridgehead atoms. The Morgan fingerprint density at radius 3 is 2.76 bits per heavy atom. The summed E-state index contributed by atoms with van der Waals surface area (Å²) in [6.45, 7) is 0. The van der Waals surface area contributed by atoms with Gasteiger partial charge in [-0.3, -0.25) is 4.79 Å². The summed E-state index contributed by atoms with van der Waals surface area (Å²) in [6.07, 6.45) is 4.99. The van der Waals surface area contributed by atoms with Gasteiger partial charge < -0.3 is 10.0 Å². The van der Waals surface area contributed by atoms with Gasteiger partial charge in [-0.15, -0.1) is 11.8 Å². The van der Waals surface area contributed by atoms with Gasteiger partial charge in [0.15, 0.2) is 0 Å². The van der Waals surface area contributed by atoms with Crippen LogP contribution in [-0.2, 0) is 28.9 Å². The highest BCUT2D eigenvalue weighted by molar-refractivity contribution is 7.99. The van der Waals surface area contributed by atoms with Crippen LogP contribution in [0.4, 0.5) is 0 Å². The third-order valence-electron chi connectivity index (χ3n) is 4.26. The Balaban J connectivity index is 1.71. The molecule has 0 saturated carbocycles. The quantitative estimate of drug-likeness (QED) is 0.929. The maximum absolute atomic E-state index is 12.3. The lowest BCUT2D eigenvalue weighted by Gasteiger charge is -2.21. The molecule has 1 amide bonds. The predicted molar refractivity (Wildman–Crippen MR) is 82.4 cm³/mol. The summed E-state index contributed by atoms with van der Waals surface area (Å²) in [4.78, 5) is 25.0. The van der Waals surface area contributed by atoms with Gasteiger partial charge in [0.1, 0.15) is 6.04 Å². The summed E-state index contributed by atoms with van der Waals surface area (Å²) in [5.41, 5.74) is 3.76. The summed E-state index contributed by atoms with van der Waals surface area (Å²) in [7, 11) is 0. The fraction of sp³-hybridized carbons (Fsp3) is 0.500. The number of hydrogen-bond donors (Lipinski definition) is 1. The molecule has 1 saturated heterocycles. The Bertz CT molecular complexity index is 573. The molecule has 0 radical (unpaired) electrons. The van der Waals surface area contributed by atoms with Gasteiger partial charge in [-0.25, -0.2) is 4.79 Å². The van der Waals surface area contributed by atoms with Crippen molar-refractivity contribution < 1.29 is 14.7 Å². The van der Waals surface area contributed by atoms with Crippen LogP contribution in [0.3, 0.4) is 0 Å². The zero-order chi connectivity index (χ0) is 14.8. The number of carbonyl (C=O) groups is 2. The Morgan fingerprint density at radius 1 is 1.24 bits per heavy atom. The fourth-order valence-electron chi connectivity index (χ4n) is 3.07. The van der Waals surface area contributed by atoms with Crippen molar-refractivity contribution in [3.8, 4) is 0 Å². The maximum atomic E-state index is 12.3. The number of rotatable bonds is 3. The van der Waals surface area contributed by atoms with Gasteiger partial charge in [0.2, 0.25) is 5.91 Å². The maximum Gasteiger partial charge on any atom is 0.327 e. The van der Waals surface area contributed by atoms with Crippen molar-refractivity contribution in [2.24, 2.45) is 0 Å². The molecule has 21 heavy (non-hydrogen) atoms. The molecule has 2 aliphatic rings. The largest absolute Gasteiger partial charge is 0.480 e. The zero-order valence-electron chi connectivity index (χ0n) is 11.9. The van der Waals surface area contributed by atoms with Crippen LogP contribution in [0.2, 0.25) is 0 Å². The highest BCUT2D eigenvalue weighted by Gasteiger charge is 2.34. The van der Waals surface area contributed by atoms with Gasteiger partial charge in [0.25, 0.3) is 0 Å². The van der Waals surface area contributed by atoms with E-state index >= 15 is 0 Å². The monoisotopic (exact) mass is 305 g/mol. The highest BCUT2D eigenvalue weighted by atomic mass is 32.2. The number of nitrogens with zero attached hydrogens (tertiary/aromatic N) is 1. The number of hydrogen-bond acceptors (Lipinski definition) is 3. The topological polar surface area (TPSA) is 57.6 Å². The van der Waals surface area contributed by atoms with Crippen LogP contribution in [0.1, 0.15) is 29.5 Å². The van der Waals surface area contributed by atoms with Crippen LogP contribution < -0.4 is 0 Å². The van der Waals surface area contributed by atoms with Gasteiger partial charge in [-0.1, -0.05) is 18.2 Å². The Hall–Kier alpha value is -1.49. The van der Waals surface area contributed by atoms with Gasteiger partial charge in [0.05, 0.1) is 12.3 Å². The second-order valence-electron chi connectivity index (χ2n) is 5.70. The van der Waals surface area contributed by atoms with Crippen molar-refractivity contribution in [2.45, 2.75) is 38.1 Å². The van der Waals surface area contributed by atoms with E-state index in [0.29, 0.717) is 18.1 Å². The summed E-state index contributed by atoms with van der Waals surface area (Å²) in [5.74, 6) is -0.00613. The number of amides is 1. The Labute approximate surface area is 128 Å². The lowest BCUT2D eigenvalue weighted by molar-refractivity contribution is -0.147. The van der Waals surface area contributed by atoms with E-state index in [4.69, 9.17) is 5.11 Å². The summed E-state index contributed by atoms with van der Waals surface area (Å²) >= 11 is 1.50. The van der Waals surface area contributed by atoms with E-state index < -0.39 is 12.0 Å². The molecule has 0 spiro atoms. The van der Waals surface area contributed by atoms with E-state index in [9.17, 15) is 9.59 Å². The first-order chi connectivity index (χ1) is 10.1. The molecule has 1 aromatic rings. The summed E-state index contributed by atoms with van der Waals surface area (Å²) in [6, 6.07) is 5.61. The second-order valence-corrected chi connectivity index (χ2v) is 6.70. The van der Waals surface area contributed by atoms with Crippen LogP contribution in [0.5, 0.6) is 0 Å². The predicted octanol–water partition coefficient (Wildman–Crippen LogP) is 2.09. The molecule has 1 atom stereocenters. The van der Waals surface area contributed by atoms with Crippen molar-refractivity contribution in [2.75, 3.05) is 11.6 Å². The van der Waals surface area contributed by atoms with E-state index in [1.165, 1.54) is 40.6 Å². The van der Waals surface area contributed by atoms with Gasteiger partial charge in [0, 0.05) is 5.75 Å². The van der Waals surface area contributed by atoms with Crippen molar-refractivity contribution in [3.05, 3.63) is 34.9 Å². The minimum absolute atomic E-state index is 0.0804. The molecular weight excluding hydrogens is 286 g/mol. The van der Waals surface area contributed by atoms with Crippen molar-refractivity contribution in [1.29, 1.82) is 0 Å². The molecule has 1 N–H and O–H groups in total. The van der Waals surface area contributed by atoms with Gasteiger partial charge in [-0.05, 0) is 42.4 Å². The molecule has 1 aliphatic heterocycles. The number of carbonyl (C=O) groups excluding carboxylic acids is 1. The Morgan fingerprint density at radius 2 is 2.00 bits per heavy atom. The third-order valence-corrected chi connectivity index (χ3v) is 5.27. The van der Waals surface area contributed by atoms with E-state index in [1.54, 1.807) is 0 Å². The number of aryl methyl sites for hydroxylation is 2. The van der Waals surface area contributed by atoms with Crippen LogP contribution in [0.15, 0.2) is 18.2 Å².